The zero-order chi connectivity index (χ0) is 14.5. The Bertz CT molecular complexity index is 614. The first-order valence-electron chi connectivity index (χ1n) is 5.95. The molecule has 0 fully saturated rings. The molecule has 2 aromatic carbocycles. The molecule has 0 bridgehead atoms. The summed E-state index contributed by atoms with van der Waals surface area (Å²) in [5.41, 5.74) is 1.06. The molecule has 2 aromatic rings. The number of non-ortho nitro benzene ring substituents is 1. The van der Waals surface area contributed by atoms with Crippen LogP contribution in [0.25, 0.3) is 0 Å². The SMILES string of the molecule is CNCc1ccc(Oc2cc([N+](=O)[O-])ccc2Cl)cc1. The minimum absolute atomic E-state index is 0.0591. The zero-order valence-electron chi connectivity index (χ0n) is 10.8. The third-order valence-electron chi connectivity index (χ3n) is 2.66. The maximum absolute atomic E-state index is 10.7. The fourth-order valence-corrected chi connectivity index (χ4v) is 1.85. The van der Waals surface area contributed by atoms with E-state index in [-0.39, 0.29) is 11.4 Å². The van der Waals surface area contributed by atoms with Gasteiger partial charge in [0.25, 0.3) is 5.69 Å². The van der Waals surface area contributed by atoms with Gasteiger partial charge in [0.1, 0.15) is 5.75 Å². The van der Waals surface area contributed by atoms with Gasteiger partial charge < -0.3 is 10.1 Å². The Morgan fingerprint density at radius 1 is 1.25 bits per heavy atom. The summed E-state index contributed by atoms with van der Waals surface area (Å²) in [7, 11) is 1.87. The van der Waals surface area contributed by atoms with Crippen molar-refractivity contribution in [2.24, 2.45) is 0 Å². The molecule has 2 rings (SSSR count). The Balaban J connectivity index is 2.20. The third-order valence-corrected chi connectivity index (χ3v) is 2.97. The first-order valence-corrected chi connectivity index (χ1v) is 6.33. The van der Waals surface area contributed by atoms with Crippen molar-refractivity contribution in [3.05, 3.63) is 63.2 Å². The van der Waals surface area contributed by atoms with E-state index in [9.17, 15) is 10.1 Å². The van der Waals surface area contributed by atoms with Crippen LogP contribution in [0.1, 0.15) is 5.56 Å². The van der Waals surface area contributed by atoms with Gasteiger partial charge >= 0.3 is 0 Å². The molecule has 5 nitrogen and oxygen atoms in total. The van der Waals surface area contributed by atoms with E-state index in [4.69, 9.17) is 16.3 Å². The Morgan fingerprint density at radius 2 is 1.95 bits per heavy atom. The molecule has 0 radical (unpaired) electrons. The number of nitro groups is 1. The normalized spacial score (nSPS) is 10.3. The molecule has 104 valence electrons. The van der Waals surface area contributed by atoms with E-state index in [0.29, 0.717) is 10.8 Å². The summed E-state index contributed by atoms with van der Waals surface area (Å²) in [5, 5.41) is 14.1. The third kappa shape index (κ3) is 3.46. The number of hydrogen-bond acceptors (Lipinski definition) is 4. The number of halogens is 1. The monoisotopic (exact) mass is 292 g/mol. The van der Waals surface area contributed by atoms with Gasteiger partial charge in [-0.1, -0.05) is 23.7 Å². The summed E-state index contributed by atoms with van der Waals surface area (Å²) in [5.74, 6) is 0.842. The van der Waals surface area contributed by atoms with Crippen molar-refractivity contribution in [2.75, 3.05) is 7.05 Å². The lowest BCUT2D eigenvalue weighted by Gasteiger charge is -2.08. The van der Waals surface area contributed by atoms with E-state index < -0.39 is 4.92 Å². The summed E-state index contributed by atoms with van der Waals surface area (Å²) in [6.07, 6.45) is 0. The number of benzene rings is 2. The molecule has 0 heterocycles. The number of hydrogen-bond donors (Lipinski definition) is 1. The van der Waals surface area contributed by atoms with Crippen LogP contribution in [0.15, 0.2) is 42.5 Å². The number of nitrogens with one attached hydrogen (secondary N) is 1. The minimum Gasteiger partial charge on any atom is -0.456 e. The van der Waals surface area contributed by atoms with Crippen molar-refractivity contribution in [1.82, 2.24) is 5.32 Å². The summed E-state index contributed by atoms with van der Waals surface area (Å²) in [6, 6.07) is 11.5. The lowest BCUT2D eigenvalue weighted by atomic mass is 10.2. The van der Waals surface area contributed by atoms with Crippen molar-refractivity contribution >= 4 is 17.3 Å². The highest BCUT2D eigenvalue weighted by Gasteiger charge is 2.11. The molecule has 0 saturated heterocycles. The van der Waals surface area contributed by atoms with E-state index in [1.54, 1.807) is 12.1 Å². The van der Waals surface area contributed by atoms with Gasteiger partial charge in [0.2, 0.25) is 0 Å². The van der Waals surface area contributed by atoms with E-state index in [0.717, 1.165) is 12.1 Å². The van der Waals surface area contributed by atoms with Crippen LogP contribution in [-0.2, 0) is 6.54 Å². The van der Waals surface area contributed by atoms with Gasteiger partial charge in [0.05, 0.1) is 16.0 Å². The van der Waals surface area contributed by atoms with Gasteiger partial charge in [-0.05, 0) is 30.8 Å². The van der Waals surface area contributed by atoms with Crippen molar-refractivity contribution in [3.63, 3.8) is 0 Å². The topological polar surface area (TPSA) is 64.4 Å². The van der Waals surface area contributed by atoms with Gasteiger partial charge in [-0.25, -0.2) is 0 Å². The van der Waals surface area contributed by atoms with Crippen LogP contribution in [0.2, 0.25) is 5.02 Å². The molecule has 0 aliphatic heterocycles. The Labute approximate surface area is 121 Å². The molecule has 0 saturated carbocycles. The molecule has 1 N–H and O–H groups in total. The van der Waals surface area contributed by atoms with Gasteiger partial charge in [-0.3, -0.25) is 10.1 Å². The summed E-state index contributed by atoms with van der Waals surface area (Å²) in [6.45, 7) is 0.762. The van der Waals surface area contributed by atoms with Crippen LogP contribution in [0.5, 0.6) is 11.5 Å². The van der Waals surface area contributed by atoms with Crippen molar-refractivity contribution < 1.29 is 9.66 Å². The lowest BCUT2D eigenvalue weighted by Crippen LogP contribution is -2.04. The van der Waals surface area contributed by atoms with Gasteiger partial charge in [0.15, 0.2) is 5.75 Å². The first kappa shape index (κ1) is 14.3. The fraction of sp³-hybridized carbons (Fsp3) is 0.143. The molecule has 0 aliphatic carbocycles. The Hall–Kier alpha value is -2.11. The molecule has 0 aliphatic rings. The number of nitrogens with zero attached hydrogens (tertiary/aromatic N) is 1. The Morgan fingerprint density at radius 3 is 2.55 bits per heavy atom. The van der Waals surface area contributed by atoms with E-state index in [2.05, 4.69) is 5.32 Å². The second-order valence-corrected chi connectivity index (χ2v) is 4.56. The van der Waals surface area contributed by atoms with Crippen molar-refractivity contribution in [3.8, 4) is 11.5 Å². The standard InChI is InChI=1S/C14H13ClN2O3/c1-16-9-10-2-5-12(6-3-10)20-14-8-11(17(18)19)4-7-13(14)15/h2-8,16H,9H2,1H3. The average Bonchev–Trinajstić information content (AvgIpc) is 2.43. The first-order chi connectivity index (χ1) is 9.60. The molecule has 6 heteroatoms. The van der Waals surface area contributed by atoms with E-state index in [1.165, 1.54) is 18.2 Å². The van der Waals surface area contributed by atoms with Crippen LogP contribution < -0.4 is 10.1 Å². The molecular formula is C14H13ClN2O3. The van der Waals surface area contributed by atoms with Gasteiger partial charge in [-0.2, -0.15) is 0 Å². The molecular weight excluding hydrogens is 280 g/mol. The highest BCUT2D eigenvalue weighted by Crippen LogP contribution is 2.32. The highest BCUT2D eigenvalue weighted by atomic mass is 35.5. The van der Waals surface area contributed by atoms with Crippen molar-refractivity contribution in [2.45, 2.75) is 6.54 Å². The predicted octanol–water partition coefficient (Wildman–Crippen LogP) is 3.76. The second-order valence-electron chi connectivity index (χ2n) is 4.15. The smallest absolute Gasteiger partial charge is 0.273 e. The van der Waals surface area contributed by atoms with Crippen LogP contribution in [0.3, 0.4) is 0 Å². The molecule has 0 spiro atoms. The molecule has 0 amide bonds. The fourth-order valence-electron chi connectivity index (χ4n) is 1.69. The Kier molecular flexibility index (Phi) is 4.55. The number of ether oxygens (including phenoxy) is 1. The number of nitro benzene ring substituents is 1. The van der Waals surface area contributed by atoms with Crippen molar-refractivity contribution in [1.29, 1.82) is 0 Å². The average molecular weight is 293 g/mol. The largest absolute Gasteiger partial charge is 0.456 e. The van der Waals surface area contributed by atoms with Gasteiger partial charge in [0, 0.05) is 12.6 Å². The summed E-state index contributed by atoms with van der Waals surface area (Å²) in [4.78, 5) is 10.2. The molecule has 0 atom stereocenters. The quantitative estimate of drug-likeness (QED) is 0.673. The number of rotatable bonds is 5. The van der Waals surface area contributed by atoms with Crippen LogP contribution in [-0.4, -0.2) is 12.0 Å². The van der Waals surface area contributed by atoms with Crippen LogP contribution >= 0.6 is 11.6 Å². The minimum atomic E-state index is -0.487. The van der Waals surface area contributed by atoms with Crippen LogP contribution in [0, 0.1) is 10.1 Å². The maximum atomic E-state index is 10.7. The molecule has 20 heavy (non-hydrogen) atoms. The summed E-state index contributed by atoms with van der Waals surface area (Å²) < 4.78 is 5.58. The lowest BCUT2D eigenvalue weighted by molar-refractivity contribution is -0.384. The highest BCUT2D eigenvalue weighted by molar-refractivity contribution is 6.32. The summed E-state index contributed by atoms with van der Waals surface area (Å²) >= 11 is 5.97. The van der Waals surface area contributed by atoms with E-state index >= 15 is 0 Å². The second kappa shape index (κ2) is 6.36. The zero-order valence-corrected chi connectivity index (χ0v) is 11.6. The molecule has 0 aromatic heterocycles. The maximum Gasteiger partial charge on any atom is 0.273 e. The van der Waals surface area contributed by atoms with Crippen LogP contribution in [0.4, 0.5) is 5.69 Å². The predicted molar refractivity (Wildman–Crippen MR) is 77.4 cm³/mol. The molecule has 0 unspecified atom stereocenters. The van der Waals surface area contributed by atoms with E-state index in [1.807, 2.05) is 19.2 Å². The van der Waals surface area contributed by atoms with Gasteiger partial charge in [-0.15, -0.1) is 0 Å².